The van der Waals surface area contributed by atoms with E-state index in [-0.39, 0.29) is 17.6 Å². The molecule has 0 saturated carbocycles. The molecule has 0 aromatic heterocycles. The van der Waals surface area contributed by atoms with Gasteiger partial charge >= 0.3 is 0 Å². The van der Waals surface area contributed by atoms with E-state index in [1.54, 1.807) is 24.1 Å². The highest BCUT2D eigenvalue weighted by Crippen LogP contribution is 2.29. The normalized spacial score (nSPS) is 14.5. The van der Waals surface area contributed by atoms with E-state index >= 15 is 0 Å². The van der Waals surface area contributed by atoms with Crippen molar-refractivity contribution >= 4 is 5.91 Å². The summed E-state index contributed by atoms with van der Waals surface area (Å²) in [5.41, 5.74) is 1.63. The van der Waals surface area contributed by atoms with Gasteiger partial charge in [0.05, 0.1) is 13.5 Å². The lowest BCUT2D eigenvalue weighted by Gasteiger charge is -2.39. The van der Waals surface area contributed by atoms with Gasteiger partial charge in [-0.05, 0) is 29.3 Å². The van der Waals surface area contributed by atoms with Crippen molar-refractivity contribution in [3.8, 4) is 5.75 Å². The van der Waals surface area contributed by atoms with Gasteiger partial charge in [0.1, 0.15) is 11.6 Å². The fourth-order valence-corrected chi connectivity index (χ4v) is 2.75. The Kier molecular flexibility index (Phi) is 4.09. The molecule has 22 heavy (non-hydrogen) atoms. The van der Waals surface area contributed by atoms with Crippen LogP contribution in [0.5, 0.6) is 5.75 Å². The van der Waals surface area contributed by atoms with Crippen LogP contribution >= 0.6 is 0 Å². The number of carbonyl (C=O) groups excluding carboxylic acids is 1. The molecule has 0 spiro atoms. The lowest BCUT2D eigenvalue weighted by Crippen LogP contribution is -2.49. The first-order valence-electron chi connectivity index (χ1n) is 7.32. The van der Waals surface area contributed by atoms with Crippen LogP contribution in [0, 0.1) is 5.82 Å². The van der Waals surface area contributed by atoms with Gasteiger partial charge in [0.25, 0.3) is 0 Å². The molecular formula is C18H18FNO2. The third-order valence-electron chi connectivity index (χ3n) is 4.07. The molecule has 0 radical (unpaired) electrons. The van der Waals surface area contributed by atoms with E-state index in [1.807, 2.05) is 30.3 Å². The van der Waals surface area contributed by atoms with E-state index in [0.29, 0.717) is 25.1 Å². The maximum Gasteiger partial charge on any atom is 0.227 e. The fraction of sp³-hybridized carbons (Fsp3) is 0.278. The number of methoxy groups -OCH3 is 1. The predicted octanol–water partition coefficient (Wildman–Crippen LogP) is 3.00. The van der Waals surface area contributed by atoms with Crippen molar-refractivity contribution < 1.29 is 13.9 Å². The second-order valence-electron chi connectivity index (χ2n) is 5.55. The van der Waals surface area contributed by atoms with Gasteiger partial charge in [-0.2, -0.15) is 0 Å². The number of likely N-dealkylation sites (tertiary alicyclic amines) is 1. The molecule has 1 aliphatic rings. The molecule has 0 N–H and O–H groups in total. The standard InChI is InChI=1S/C18H18FNO2/c1-22-15-6-4-5-13(9-15)10-18(21)20-11-14(12-20)16-7-2-3-8-17(16)19/h2-9,14H,10-12H2,1H3. The Morgan fingerprint density at radius 3 is 2.73 bits per heavy atom. The fourth-order valence-electron chi connectivity index (χ4n) is 2.75. The molecule has 3 nitrogen and oxygen atoms in total. The molecule has 1 saturated heterocycles. The van der Waals surface area contributed by atoms with Crippen molar-refractivity contribution in [3.05, 3.63) is 65.5 Å². The molecule has 114 valence electrons. The van der Waals surface area contributed by atoms with Crippen molar-refractivity contribution in [1.29, 1.82) is 0 Å². The first-order valence-corrected chi connectivity index (χ1v) is 7.32. The van der Waals surface area contributed by atoms with Gasteiger partial charge in [0.15, 0.2) is 0 Å². The molecule has 1 fully saturated rings. The number of nitrogens with zero attached hydrogens (tertiary/aromatic N) is 1. The zero-order valence-electron chi connectivity index (χ0n) is 12.5. The summed E-state index contributed by atoms with van der Waals surface area (Å²) < 4.78 is 18.9. The Balaban J connectivity index is 1.58. The van der Waals surface area contributed by atoms with E-state index in [2.05, 4.69) is 0 Å². The molecule has 2 aromatic rings. The quantitative estimate of drug-likeness (QED) is 0.868. The van der Waals surface area contributed by atoms with Gasteiger partial charge in [0.2, 0.25) is 5.91 Å². The average Bonchev–Trinajstić information content (AvgIpc) is 2.48. The summed E-state index contributed by atoms with van der Waals surface area (Å²) >= 11 is 0. The average molecular weight is 299 g/mol. The summed E-state index contributed by atoms with van der Waals surface area (Å²) in [7, 11) is 1.61. The largest absolute Gasteiger partial charge is 0.497 e. The van der Waals surface area contributed by atoms with Crippen LogP contribution in [0.15, 0.2) is 48.5 Å². The Morgan fingerprint density at radius 1 is 1.23 bits per heavy atom. The third kappa shape index (κ3) is 2.96. The van der Waals surface area contributed by atoms with Crippen LogP contribution in [-0.2, 0) is 11.2 Å². The number of hydrogen-bond donors (Lipinski definition) is 0. The lowest BCUT2D eigenvalue weighted by molar-refractivity contribution is -0.134. The summed E-state index contributed by atoms with van der Waals surface area (Å²) in [5.74, 6) is 0.738. The Morgan fingerprint density at radius 2 is 2.00 bits per heavy atom. The predicted molar refractivity (Wildman–Crippen MR) is 82.4 cm³/mol. The summed E-state index contributed by atoms with van der Waals surface area (Å²) in [6.07, 6.45) is 0.348. The number of rotatable bonds is 4. The Hall–Kier alpha value is -2.36. The number of carbonyl (C=O) groups is 1. The van der Waals surface area contributed by atoms with Gasteiger partial charge in [-0.15, -0.1) is 0 Å². The summed E-state index contributed by atoms with van der Waals surface area (Å²) in [4.78, 5) is 14.0. The molecule has 2 aromatic carbocycles. The van der Waals surface area contributed by atoms with Gasteiger partial charge in [-0.1, -0.05) is 30.3 Å². The highest BCUT2D eigenvalue weighted by Gasteiger charge is 2.32. The van der Waals surface area contributed by atoms with E-state index in [4.69, 9.17) is 4.74 Å². The number of halogens is 1. The van der Waals surface area contributed by atoms with Gasteiger partial charge < -0.3 is 9.64 Å². The lowest BCUT2D eigenvalue weighted by atomic mass is 9.90. The molecule has 0 bridgehead atoms. The summed E-state index contributed by atoms with van der Waals surface area (Å²) in [6.45, 7) is 1.17. The van der Waals surface area contributed by atoms with E-state index in [1.165, 1.54) is 6.07 Å². The zero-order valence-corrected chi connectivity index (χ0v) is 12.5. The molecule has 1 heterocycles. The monoisotopic (exact) mass is 299 g/mol. The van der Waals surface area contributed by atoms with Gasteiger partial charge in [0, 0.05) is 19.0 Å². The zero-order chi connectivity index (χ0) is 15.5. The number of benzene rings is 2. The van der Waals surface area contributed by atoms with Crippen molar-refractivity contribution in [2.45, 2.75) is 12.3 Å². The van der Waals surface area contributed by atoms with Gasteiger partial charge in [-0.25, -0.2) is 4.39 Å². The first-order chi connectivity index (χ1) is 10.7. The number of amides is 1. The smallest absolute Gasteiger partial charge is 0.227 e. The second kappa shape index (κ2) is 6.18. The maximum absolute atomic E-state index is 13.7. The Bertz CT molecular complexity index is 680. The first kappa shape index (κ1) is 14.6. The van der Waals surface area contributed by atoms with Crippen molar-refractivity contribution in [2.24, 2.45) is 0 Å². The third-order valence-corrected chi connectivity index (χ3v) is 4.07. The van der Waals surface area contributed by atoms with Crippen LogP contribution < -0.4 is 4.74 Å². The minimum Gasteiger partial charge on any atom is -0.497 e. The van der Waals surface area contributed by atoms with Crippen LogP contribution in [0.2, 0.25) is 0 Å². The molecule has 1 aliphatic heterocycles. The van der Waals surface area contributed by atoms with E-state index in [9.17, 15) is 9.18 Å². The molecule has 4 heteroatoms. The minimum absolute atomic E-state index is 0.0702. The van der Waals surface area contributed by atoms with Crippen molar-refractivity contribution in [1.82, 2.24) is 4.90 Å². The van der Waals surface area contributed by atoms with Crippen LogP contribution in [-0.4, -0.2) is 31.0 Å². The van der Waals surface area contributed by atoms with E-state index in [0.717, 1.165) is 11.3 Å². The van der Waals surface area contributed by atoms with Crippen LogP contribution in [0.3, 0.4) is 0 Å². The minimum atomic E-state index is -0.188. The Labute approximate surface area is 129 Å². The highest BCUT2D eigenvalue weighted by molar-refractivity contribution is 5.80. The summed E-state index contributed by atoms with van der Waals surface area (Å²) in [6, 6.07) is 14.3. The number of ether oxygens (including phenoxy) is 1. The molecule has 1 amide bonds. The molecule has 0 atom stereocenters. The summed E-state index contributed by atoms with van der Waals surface area (Å²) in [5, 5.41) is 0. The molecule has 0 unspecified atom stereocenters. The number of hydrogen-bond acceptors (Lipinski definition) is 2. The van der Waals surface area contributed by atoms with Crippen LogP contribution in [0.25, 0.3) is 0 Å². The van der Waals surface area contributed by atoms with Crippen LogP contribution in [0.1, 0.15) is 17.0 Å². The second-order valence-corrected chi connectivity index (χ2v) is 5.55. The molecular weight excluding hydrogens is 281 g/mol. The van der Waals surface area contributed by atoms with Gasteiger partial charge in [-0.3, -0.25) is 4.79 Å². The molecule has 0 aliphatic carbocycles. The molecule has 3 rings (SSSR count). The SMILES string of the molecule is COc1cccc(CC(=O)N2CC(c3ccccc3F)C2)c1. The highest BCUT2D eigenvalue weighted by atomic mass is 19.1. The van der Waals surface area contributed by atoms with Crippen LogP contribution in [0.4, 0.5) is 4.39 Å². The topological polar surface area (TPSA) is 29.5 Å². The van der Waals surface area contributed by atoms with Crippen molar-refractivity contribution in [3.63, 3.8) is 0 Å². The van der Waals surface area contributed by atoms with E-state index < -0.39 is 0 Å². The maximum atomic E-state index is 13.7. The van der Waals surface area contributed by atoms with Crippen molar-refractivity contribution in [2.75, 3.05) is 20.2 Å².